The zero-order chi connectivity index (χ0) is 18.7. The quantitative estimate of drug-likeness (QED) is 0.781. The van der Waals surface area contributed by atoms with E-state index in [0.29, 0.717) is 24.5 Å². The van der Waals surface area contributed by atoms with E-state index in [1.165, 1.54) is 12.1 Å². The molecule has 2 aromatic rings. The van der Waals surface area contributed by atoms with Gasteiger partial charge in [0.05, 0.1) is 14.2 Å². The number of thioether (sulfide) groups is 1. The monoisotopic (exact) mass is 375 g/mol. The molecule has 6 nitrogen and oxygen atoms in total. The van der Waals surface area contributed by atoms with Gasteiger partial charge in [-0.2, -0.15) is 0 Å². The zero-order valence-corrected chi connectivity index (χ0v) is 15.5. The number of amides is 1. The van der Waals surface area contributed by atoms with Crippen LogP contribution >= 0.6 is 11.8 Å². The second kappa shape index (κ2) is 7.78. The third-order valence-corrected chi connectivity index (χ3v) is 5.56. The smallest absolute Gasteiger partial charge is 0.224 e. The maximum atomic E-state index is 12.6. The number of aromatic hydroxyl groups is 2. The van der Waals surface area contributed by atoms with Gasteiger partial charge in [0.1, 0.15) is 16.9 Å². The summed E-state index contributed by atoms with van der Waals surface area (Å²) in [5.41, 5.74) is 1.64. The summed E-state index contributed by atoms with van der Waals surface area (Å²) in [4.78, 5) is 14.4. The first-order valence-electron chi connectivity index (χ1n) is 8.17. The maximum Gasteiger partial charge on any atom is 0.224 e. The van der Waals surface area contributed by atoms with Crippen LogP contribution in [0.3, 0.4) is 0 Å². The minimum atomic E-state index is -0.201. The molecule has 1 heterocycles. The average Bonchev–Trinajstić information content (AvgIpc) is 2.65. The Morgan fingerprint density at radius 3 is 2.62 bits per heavy atom. The SMILES string of the molecule is COc1ccc(C2SCCC(=O)N2Cc2ccc(O)c(O)c2)c(OC)c1. The van der Waals surface area contributed by atoms with Crippen molar-refractivity contribution in [3.63, 3.8) is 0 Å². The average molecular weight is 375 g/mol. The fourth-order valence-corrected chi connectivity index (χ4v) is 4.20. The van der Waals surface area contributed by atoms with E-state index in [2.05, 4.69) is 0 Å². The van der Waals surface area contributed by atoms with Crippen molar-refractivity contribution in [3.05, 3.63) is 47.5 Å². The number of benzene rings is 2. The molecule has 1 unspecified atom stereocenters. The summed E-state index contributed by atoms with van der Waals surface area (Å²) in [6.07, 6.45) is 0.462. The zero-order valence-electron chi connectivity index (χ0n) is 14.6. The molecule has 0 bridgehead atoms. The first kappa shape index (κ1) is 18.3. The summed E-state index contributed by atoms with van der Waals surface area (Å²) in [5, 5.41) is 19.0. The Hall–Kier alpha value is -2.54. The fourth-order valence-electron chi connectivity index (χ4n) is 2.94. The molecule has 0 spiro atoms. The van der Waals surface area contributed by atoms with Crippen molar-refractivity contribution >= 4 is 17.7 Å². The highest BCUT2D eigenvalue weighted by Crippen LogP contribution is 2.43. The molecule has 0 radical (unpaired) electrons. The molecule has 2 N–H and O–H groups in total. The molecule has 1 saturated heterocycles. The molecule has 1 amide bonds. The van der Waals surface area contributed by atoms with Crippen LogP contribution in [0, 0.1) is 0 Å². The lowest BCUT2D eigenvalue weighted by Gasteiger charge is -2.36. The number of hydrogen-bond donors (Lipinski definition) is 2. The summed E-state index contributed by atoms with van der Waals surface area (Å²) in [6, 6.07) is 10.2. The molecule has 1 fully saturated rings. The second-order valence-electron chi connectivity index (χ2n) is 5.93. The van der Waals surface area contributed by atoms with Crippen molar-refractivity contribution in [3.8, 4) is 23.0 Å². The van der Waals surface area contributed by atoms with Crippen molar-refractivity contribution in [2.24, 2.45) is 0 Å². The first-order chi connectivity index (χ1) is 12.5. The molecule has 1 aliphatic rings. The van der Waals surface area contributed by atoms with Crippen LogP contribution in [0.15, 0.2) is 36.4 Å². The van der Waals surface area contributed by atoms with Crippen LogP contribution in [0.2, 0.25) is 0 Å². The second-order valence-corrected chi connectivity index (χ2v) is 7.11. The van der Waals surface area contributed by atoms with Gasteiger partial charge in [0, 0.05) is 30.3 Å². The minimum absolute atomic E-state index is 0.0409. The third kappa shape index (κ3) is 3.67. The van der Waals surface area contributed by atoms with Crippen molar-refractivity contribution in [2.45, 2.75) is 18.3 Å². The highest BCUT2D eigenvalue weighted by molar-refractivity contribution is 7.99. The van der Waals surface area contributed by atoms with Crippen LogP contribution in [-0.4, -0.2) is 41.0 Å². The number of hydrogen-bond acceptors (Lipinski definition) is 6. The van der Waals surface area contributed by atoms with Gasteiger partial charge in [-0.1, -0.05) is 6.07 Å². The fraction of sp³-hybridized carbons (Fsp3) is 0.316. The lowest BCUT2D eigenvalue weighted by atomic mass is 10.1. The molecule has 3 rings (SSSR count). The number of methoxy groups -OCH3 is 2. The Morgan fingerprint density at radius 1 is 1.12 bits per heavy atom. The highest BCUT2D eigenvalue weighted by Gasteiger charge is 2.32. The van der Waals surface area contributed by atoms with E-state index in [9.17, 15) is 15.0 Å². The topological polar surface area (TPSA) is 79.2 Å². The van der Waals surface area contributed by atoms with Gasteiger partial charge < -0.3 is 24.6 Å². The lowest BCUT2D eigenvalue weighted by molar-refractivity contribution is -0.132. The Morgan fingerprint density at radius 2 is 1.92 bits per heavy atom. The summed E-state index contributed by atoms with van der Waals surface area (Å²) < 4.78 is 10.8. The van der Waals surface area contributed by atoms with E-state index in [1.54, 1.807) is 43.0 Å². The molecular weight excluding hydrogens is 354 g/mol. The van der Waals surface area contributed by atoms with Crippen molar-refractivity contribution in [1.29, 1.82) is 0 Å². The molecule has 1 atom stereocenters. The van der Waals surface area contributed by atoms with E-state index in [4.69, 9.17) is 9.47 Å². The van der Waals surface area contributed by atoms with Gasteiger partial charge in [-0.25, -0.2) is 0 Å². The molecule has 0 aliphatic carbocycles. The van der Waals surface area contributed by atoms with Crippen LogP contribution in [0.5, 0.6) is 23.0 Å². The lowest BCUT2D eigenvalue weighted by Crippen LogP contribution is -2.36. The van der Waals surface area contributed by atoms with Gasteiger partial charge in [-0.3, -0.25) is 4.79 Å². The standard InChI is InChI=1S/C19H21NO5S/c1-24-13-4-5-14(17(10-13)25-2)19-20(18(23)7-8-26-19)11-12-3-6-15(21)16(22)9-12/h3-6,9-10,19,21-22H,7-8,11H2,1-2H3. The summed E-state index contributed by atoms with van der Waals surface area (Å²) in [7, 11) is 3.19. The molecule has 1 aliphatic heterocycles. The predicted octanol–water partition coefficient (Wildman–Crippen LogP) is 3.28. The van der Waals surface area contributed by atoms with Gasteiger partial charge in [0.2, 0.25) is 5.91 Å². The minimum Gasteiger partial charge on any atom is -0.504 e. The van der Waals surface area contributed by atoms with Crippen LogP contribution in [0.25, 0.3) is 0 Å². The van der Waals surface area contributed by atoms with Gasteiger partial charge in [0.15, 0.2) is 11.5 Å². The first-order valence-corrected chi connectivity index (χ1v) is 9.22. The van der Waals surface area contributed by atoms with Gasteiger partial charge in [-0.15, -0.1) is 11.8 Å². The number of phenolic OH excluding ortho intramolecular Hbond substituents is 2. The van der Waals surface area contributed by atoms with E-state index < -0.39 is 0 Å². The summed E-state index contributed by atoms with van der Waals surface area (Å²) >= 11 is 1.67. The number of rotatable bonds is 5. The van der Waals surface area contributed by atoms with Crippen LogP contribution in [-0.2, 0) is 11.3 Å². The van der Waals surface area contributed by atoms with Crippen LogP contribution in [0.4, 0.5) is 0 Å². The Labute approximate surface area is 156 Å². The van der Waals surface area contributed by atoms with Crippen molar-refractivity contribution < 1.29 is 24.5 Å². The Balaban J connectivity index is 1.93. The van der Waals surface area contributed by atoms with Gasteiger partial charge >= 0.3 is 0 Å². The van der Waals surface area contributed by atoms with E-state index in [-0.39, 0.29) is 22.8 Å². The third-order valence-electron chi connectivity index (χ3n) is 4.29. The Bertz CT molecular complexity index is 811. The van der Waals surface area contributed by atoms with E-state index in [1.807, 2.05) is 12.1 Å². The summed E-state index contributed by atoms with van der Waals surface area (Å²) in [5.74, 6) is 1.75. The van der Waals surface area contributed by atoms with Gasteiger partial charge in [0.25, 0.3) is 0 Å². The maximum absolute atomic E-state index is 12.6. The van der Waals surface area contributed by atoms with Gasteiger partial charge in [-0.05, 0) is 29.8 Å². The normalized spacial score (nSPS) is 17.2. The van der Waals surface area contributed by atoms with E-state index >= 15 is 0 Å². The summed E-state index contributed by atoms with van der Waals surface area (Å²) in [6.45, 7) is 0.333. The molecule has 2 aromatic carbocycles. The largest absolute Gasteiger partial charge is 0.504 e. The molecule has 138 valence electrons. The Kier molecular flexibility index (Phi) is 5.46. The predicted molar refractivity (Wildman–Crippen MR) is 99.7 cm³/mol. The molecule has 7 heteroatoms. The highest BCUT2D eigenvalue weighted by atomic mass is 32.2. The van der Waals surface area contributed by atoms with E-state index in [0.717, 1.165) is 16.9 Å². The van der Waals surface area contributed by atoms with Crippen LogP contribution < -0.4 is 9.47 Å². The molecule has 0 aromatic heterocycles. The van der Waals surface area contributed by atoms with Crippen molar-refractivity contribution in [1.82, 2.24) is 4.90 Å². The number of phenols is 2. The number of carbonyl (C=O) groups excluding carboxylic acids is 1. The molecule has 0 saturated carbocycles. The molecule has 26 heavy (non-hydrogen) atoms. The number of carbonyl (C=O) groups is 1. The van der Waals surface area contributed by atoms with Crippen LogP contribution in [0.1, 0.15) is 22.9 Å². The van der Waals surface area contributed by atoms with Crippen molar-refractivity contribution in [2.75, 3.05) is 20.0 Å². The number of nitrogens with zero attached hydrogens (tertiary/aromatic N) is 1. The number of ether oxygens (including phenoxy) is 2. The molecular formula is C19H21NO5S.